The van der Waals surface area contributed by atoms with Crippen LogP contribution in [0, 0.1) is 5.92 Å². The molecule has 2 atom stereocenters. The van der Waals surface area contributed by atoms with Gasteiger partial charge in [0.15, 0.2) is 0 Å². The zero-order valence-electron chi connectivity index (χ0n) is 21.1. The van der Waals surface area contributed by atoms with Crippen LogP contribution in [0.4, 0.5) is 11.4 Å². The van der Waals surface area contributed by atoms with Gasteiger partial charge in [-0.25, -0.2) is 0 Å². The van der Waals surface area contributed by atoms with E-state index in [0.717, 1.165) is 36.5 Å². The molecule has 4 aromatic rings. The molecule has 2 aliphatic heterocycles. The minimum absolute atomic E-state index is 0.0488. The highest BCUT2D eigenvalue weighted by Crippen LogP contribution is 2.39. The molecular formula is C30H27ClN4O3S. The lowest BCUT2D eigenvalue weighted by Gasteiger charge is -2.44. The molecule has 6 rings (SSSR count). The lowest BCUT2D eigenvalue weighted by molar-refractivity contribution is 0.0949. The highest BCUT2D eigenvalue weighted by Gasteiger charge is 2.35. The molecule has 2 amide bonds. The highest BCUT2D eigenvalue weighted by molar-refractivity contribution is 7.12. The van der Waals surface area contributed by atoms with Crippen molar-refractivity contribution in [1.82, 2.24) is 9.88 Å². The predicted molar refractivity (Wildman–Crippen MR) is 155 cm³/mol. The lowest BCUT2D eigenvalue weighted by Crippen LogP contribution is -2.47. The highest BCUT2D eigenvalue weighted by atomic mass is 35.5. The molecule has 9 heteroatoms. The monoisotopic (exact) mass is 558 g/mol. The lowest BCUT2D eigenvalue weighted by atomic mass is 9.83. The molecule has 4 heterocycles. The smallest absolute Gasteiger partial charge is 0.265 e. The SMILES string of the molecule is O=C(NCc1cccc(Cl)c1)c1ccc(N2CC3CC(C2)c2cccc(=O)n2C3)c(NC(=O)c2cccs2)c1. The molecule has 1 saturated heterocycles. The van der Waals surface area contributed by atoms with Gasteiger partial charge in [0, 0.05) is 54.4 Å². The fraction of sp³-hybridized carbons (Fsp3) is 0.233. The van der Waals surface area contributed by atoms with Gasteiger partial charge in [0.1, 0.15) is 0 Å². The number of nitrogens with one attached hydrogen (secondary N) is 2. The Labute approximate surface area is 235 Å². The van der Waals surface area contributed by atoms with Gasteiger partial charge >= 0.3 is 0 Å². The van der Waals surface area contributed by atoms with Crippen molar-refractivity contribution in [1.29, 1.82) is 0 Å². The number of benzene rings is 2. The van der Waals surface area contributed by atoms with E-state index < -0.39 is 0 Å². The molecule has 2 aromatic carbocycles. The number of fused-ring (bicyclic) bond motifs is 4. The molecule has 0 saturated carbocycles. The summed E-state index contributed by atoms with van der Waals surface area (Å²) in [5, 5.41) is 8.48. The number of hydrogen-bond donors (Lipinski definition) is 2. The van der Waals surface area contributed by atoms with Crippen molar-refractivity contribution in [2.24, 2.45) is 5.92 Å². The Morgan fingerprint density at radius 2 is 1.82 bits per heavy atom. The van der Waals surface area contributed by atoms with E-state index in [1.54, 1.807) is 30.3 Å². The average molecular weight is 559 g/mol. The zero-order valence-corrected chi connectivity index (χ0v) is 22.7. The molecule has 0 aliphatic carbocycles. The molecule has 2 N–H and O–H groups in total. The molecule has 7 nitrogen and oxygen atoms in total. The van der Waals surface area contributed by atoms with Gasteiger partial charge in [-0.1, -0.05) is 35.9 Å². The molecule has 2 aliphatic rings. The van der Waals surface area contributed by atoms with Crippen LogP contribution >= 0.6 is 22.9 Å². The van der Waals surface area contributed by atoms with Crippen molar-refractivity contribution in [3.63, 3.8) is 0 Å². The van der Waals surface area contributed by atoms with E-state index in [0.29, 0.717) is 40.2 Å². The minimum Gasteiger partial charge on any atom is -0.369 e. The number of aromatic nitrogens is 1. The number of thiophene rings is 1. The number of nitrogens with zero attached hydrogens (tertiary/aromatic N) is 2. The van der Waals surface area contributed by atoms with E-state index in [1.165, 1.54) is 11.3 Å². The van der Waals surface area contributed by atoms with E-state index in [1.807, 2.05) is 52.4 Å². The Bertz CT molecular complexity index is 1600. The predicted octanol–water partition coefficient (Wildman–Crippen LogP) is 5.37. The van der Waals surface area contributed by atoms with E-state index in [4.69, 9.17) is 11.6 Å². The van der Waals surface area contributed by atoms with Crippen LogP contribution < -0.4 is 21.1 Å². The number of carbonyl (C=O) groups is 2. The Hall–Kier alpha value is -3.88. The van der Waals surface area contributed by atoms with Crippen molar-refractivity contribution in [2.75, 3.05) is 23.3 Å². The van der Waals surface area contributed by atoms with Gasteiger partial charge in [-0.15, -0.1) is 11.3 Å². The summed E-state index contributed by atoms with van der Waals surface area (Å²) in [5.74, 6) is 0.0830. The summed E-state index contributed by atoms with van der Waals surface area (Å²) in [5.41, 5.74) is 3.92. The summed E-state index contributed by atoms with van der Waals surface area (Å²) >= 11 is 7.45. The maximum atomic E-state index is 13.1. The largest absolute Gasteiger partial charge is 0.369 e. The third-order valence-corrected chi connectivity index (χ3v) is 8.52. The number of piperidine rings is 1. The average Bonchev–Trinajstić information content (AvgIpc) is 3.48. The Morgan fingerprint density at radius 1 is 0.949 bits per heavy atom. The number of anilines is 2. The van der Waals surface area contributed by atoms with E-state index in [-0.39, 0.29) is 23.3 Å². The molecule has 2 bridgehead atoms. The van der Waals surface area contributed by atoms with Gasteiger partial charge in [-0.05, 0) is 65.7 Å². The second-order valence-electron chi connectivity index (χ2n) is 10.1. The van der Waals surface area contributed by atoms with E-state index >= 15 is 0 Å². The number of rotatable bonds is 6. The Kier molecular flexibility index (Phi) is 6.97. The first-order valence-electron chi connectivity index (χ1n) is 12.9. The molecule has 0 radical (unpaired) electrons. The second-order valence-corrected chi connectivity index (χ2v) is 11.5. The molecule has 2 unspecified atom stereocenters. The Balaban J connectivity index is 1.28. The van der Waals surface area contributed by atoms with Crippen LogP contribution in [-0.2, 0) is 13.1 Å². The minimum atomic E-state index is -0.239. The van der Waals surface area contributed by atoms with Crippen molar-refractivity contribution >= 4 is 46.1 Å². The summed E-state index contributed by atoms with van der Waals surface area (Å²) < 4.78 is 1.91. The van der Waals surface area contributed by atoms with Gasteiger partial charge in [0.2, 0.25) is 0 Å². The zero-order chi connectivity index (χ0) is 26.9. The third kappa shape index (κ3) is 5.35. The van der Waals surface area contributed by atoms with Crippen molar-refractivity contribution < 1.29 is 9.59 Å². The fourth-order valence-electron chi connectivity index (χ4n) is 5.67. The molecule has 39 heavy (non-hydrogen) atoms. The summed E-state index contributed by atoms with van der Waals surface area (Å²) in [7, 11) is 0. The maximum absolute atomic E-state index is 13.1. The number of pyridine rings is 1. The fourth-order valence-corrected chi connectivity index (χ4v) is 6.50. The van der Waals surface area contributed by atoms with E-state index in [9.17, 15) is 14.4 Å². The number of hydrogen-bond acceptors (Lipinski definition) is 5. The van der Waals surface area contributed by atoms with Crippen molar-refractivity contribution in [2.45, 2.75) is 25.4 Å². The van der Waals surface area contributed by atoms with Crippen LogP contribution in [-0.4, -0.2) is 29.5 Å². The normalized spacial score (nSPS) is 17.8. The van der Waals surface area contributed by atoms with Crippen LogP contribution in [0.15, 0.2) is 83.0 Å². The van der Waals surface area contributed by atoms with Crippen molar-refractivity contribution in [3.8, 4) is 0 Å². The van der Waals surface area contributed by atoms with Crippen LogP contribution in [0.2, 0.25) is 5.02 Å². The van der Waals surface area contributed by atoms with E-state index in [2.05, 4.69) is 15.5 Å². The molecule has 0 spiro atoms. The van der Waals surface area contributed by atoms with Crippen LogP contribution in [0.1, 0.15) is 43.6 Å². The maximum Gasteiger partial charge on any atom is 0.265 e. The number of amides is 2. The Morgan fingerprint density at radius 3 is 2.64 bits per heavy atom. The van der Waals surface area contributed by atoms with Gasteiger partial charge in [0.25, 0.3) is 17.4 Å². The standard InChI is InChI=1S/C30H27ClN4O3S/c31-23-5-1-4-19(13-23)15-32-29(37)21-9-10-26(24(14-21)33-30(38)27-7-3-11-39-27)34-16-20-12-22(18-34)25-6-2-8-28(36)35(25)17-20/h1-11,13-14,20,22H,12,15-18H2,(H,32,37)(H,33,38). The van der Waals surface area contributed by atoms with Gasteiger partial charge < -0.3 is 20.1 Å². The topological polar surface area (TPSA) is 83.4 Å². The third-order valence-electron chi connectivity index (χ3n) is 7.41. The van der Waals surface area contributed by atoms with Crippen LogP contribution in [0.25, 0.3) is 0 Å². The molecular weight excluding hydrogens is 532 g/mol. The summed E-state index contributed by atoms with van der Waals surface area (Å²) in [6, 6.07) is 21.9. The number of halogens is 1. The molecule has 1 fully saturated rings. The molecule has 2 aromatic heterocycles. The van der Waals surface area contributed by atoms with Crippen LogP contribution in [0.5, 0.6) is 0 Å². The van der Waals surface area contributed by atoms with Gasteiger partial charge in [0.05, 0.1) is 16.3 Å². The summed E-state index contributed by atoms with van der Waals surface area (Å²) in [4.78, 5) is 41.5. The quantitative estimate of drug-likeness (QED) is 0.333. The summed E-state index contributed by atoms with van der Waals surface area (Å²) in [6.45, 7) is 2.51. The first-order valence-corrected chi connectivity index (χ1v) is 14.2. The first kappa shape index (κ1) is 25.4. The first-order chi connectivity index (χ1) is 18.9. The second kappa shape index (κ2) is 10.7. The van der Waals surface area contributed by atoms with Crippen molar-refractivity contribution in [3.05, 3.63) is 115 Å². The summed E-state index contributed by atoms with van der Waals surface area (Å²) in [6.07, 6.45) is 1.03. The van der Waals surface area contributed by atoms with Gasteiger partial charge in [-0.3, -0.25) is 14.4 Å². The van der Waals surface area contributed by atoms with Gasteiger partial charge in [-0.2, -0.15) is 0 Å². The molecule has 198 valence electrons. The number of carbonyl (C=O) groups excluding carboxylic acids is 2. The van der Waals surface area contributed by atoms with Crippen LogP contribution in [0.3, 0.4) is 0 Å².